The van der Waals surface area contributed by atoms with Crippen LogP contribution in [0.5, 0.6) is 0 Å². The van der Waals surface area contributed by atoms with Gasteiger partial charge in [0.15, 0.2) is 0 Å². The molecular formula is C11H11NO6S. The SMILES string of the molecule is CC(NS(=O)(=O)c1ccc(C(=O)O)o1)c1ccco1. The molecule has 0 amide bonds. The number of sulfonamides is 1. The third-order valence-corrected chi connectivity index (χ3v) is 3.77. The summed E-state index contributed by atoms with van der Waals surface area (Å²) >= 11 is 0. The Bertz CT molecular complexity index is 670. The largest absolute Gasteiger partial charge is 0.475 e. The number of hydrogen-bond donors (Lipinski definition) is 2. The highest BCUT2D eigenvalue weighted by molar-refractivity contribution is 7.89. The minimum absolute atomic E-state index is 0.439. The predicted octanol–water partition coefficient (Wildman–Crippen LogP) is 1.61. The summed E-state index contributed by atoms with van der Waals surface area (Å²) in [6.07, 6.45) is 1.43. The molecule has 2 N–H and O–H groups in total. The van der Waals surface area contributed by atoms with E-state index in [0.717, 1.165) is 12.1 Å². The van der Waals surface area contributed by atoms with Gasteiger partial charge >= 0.3 is 5.97 Å². The molecule has 0 spiro atoms. The maximum absolute atomic E-state index is 11.9. The van der Waals surface area contributed by atoms with Crippen molar-refractivity contribution >= 4 is 16.0 Å². The summed E-state index contributed by atoms with van der Waals surface area (Å²) in [5.74, 6) is -1.33. The highest BCUT2D eigenvalue weighted by Gasteiger charge is 2.24. The lowest BCUT2D eigenvalue weighted by Crippen LogP contribution is -2.26. The zero-order chi connectivity index (χ0) is 14.0. The first-order chi connectivity index (χ1) is 8.90. The Morgan fingerprint density at radius 3 is 2.63 bits per heavy atom. The fourth-order valence-electron chi connectivity index (χ4n) is 1.47. The molecule has 1 atom stereocenters. The second-order valence-corrected chi connectivity index (χ2v) is 5.43. The van der Waals surface area contributed by atoms with Crippen LogP contribution in [0.1, 0.15) is 29.3 Å². The van der Waals surface area contributed by atoms with E-state index in [1.165, 1.54) is 6.26 Å². The lowest BCUT2D eigenvalue weighted by molar-refractivity contribution is 0.0656. The van der Waals surface area contributed by atoms with Crippen molar-refractivity contribution in [2.45, 2.75) is 18.1 Å². The summed E-state index contributed by atoms with van der Waals surface area (Å²) in [5, 5.41) is 8.22. The molecule has 0 aromatic carbocycles. The van der Waals surface area contributed by atoms with Crippen LogP contribution >= 0.6 is 0 Å². The fourth-order valence-corrected chi connectivity index (χ4v) is 2.61. The molecule has 8 heteroatoms. The zero-order valence-electron chi connectivity index (χ0n) is 9.86. The van der Waals surface area contributed by atoms with Crippen molar-refractivity contribution in [3.05, 3.63) is 42.0 Å². The molecule has 2 aromatic rings. The van der Waals surface area contributed by atoms with Crippen molar-refractivity contribution in [2.75, 3.05) is 0 Å². The van der Waals surface area contributed by atoms with E-state index in [-0.39, 0.29) is 0 Å². The van der Waals surface area contributed by atoms with Gasteiger partial charge in [0, 0.05) is 0 Å². The molecule has 0 radical (unpaired) electrons. The number of carboxylic acid groups (broad SMARTS) is 1. The molecule has 2 heterocycles. The molecule has 2 aromatic heterocycles. The molecule has 102 valence electrons. The molecule has 19 heavy (non-hydrogen) atoms. The van der Waals surface area contributed by atoms with E-state index in [1.807, 2.05) is 0 Å². The summed E-state index contributed by atoms with van der Waals surface area (Å²) in [5.41, 5.74) is 0. The first kappa shape index (κ1) is 13.4. The summed E-state index contributed by atoms with van der Waals surface area (Å²) in [6.45, 7) is 1.59. The van der Waals surface area contributed by atoms with Gasteiger partial charge in [0.1, 0.15) is 5.76 Å². The normalized spacial score (nSPS) is 13.3. The Balaban J connectivity index is 2.20. The standard InChI is InChI=1S/C11H11NO6S/c1-7(8-3-2-6-17-8)12-19(15,16)10-5-4-9(18-10)11(13)14/h2-7,12H,1H3,(H,13,14). The minimum atomic E-state index is -3.94. The predicted molar refractivity (Wildman–Crippen MR) is 63.1 cm³/mol. The summed E-state index contributed by atoms with van der Waals surface area (Å²) in [7, 11) is -3.94. The Labute approximate surface area is 108 Å². The van der Waals surface area contributed by atoms with Crippen molar-refractivity contribution in [1.29, 1.82) is 0 Å². The van der Waals surface area contributed by atoms with Crippen LogP contribution in [0.2, 0.25) is 0 Å². The first-order valence-corrected chi connectivity index (χ1v) is 6.77. The fraction of sp³-hybridized carbons (Fsp3) is 0.182. The van der Waals surface area contributed by atoms with E-state index in [2.05, 4.69) is 4.72 Å². The van der Waals surface area contributed by atoms with E-state index in [4.69, 9.17) is 13.9 Å². The van der Waals surface area contributed by atoms with Gasteiger partial charge in [0.05, 0.1) is 12.3 Å². The third kappa shape index (κ3) is 2.85. The van der Waals surface area contributed by atoms with Crippen molar-refractivity contribution in [3.8, 4) is 0 Å². The van der Waals surface area contributed by atoms with Crippen LogP contribution in [0.25, 0.3) is 0 Å². The number of aromatic carboxylic acids is 1. The van der Waals surface area contributed by atoms with Crippen LogP contribution in [0.3, 0.4) is 0 Å². The summed E-state index contributed by atoms with van der Waals surface area (Å²) < 4.78 is 36.0. The first-order valence-electron chi connectivity index (χ1n) is 5.29. The second kappa shape index (κ2) is 4.90. The Morgan fingerprint density at radius 1 is 1.37 bits per heavy atom. The van der Waals surface area contributed by atoms with E-state index < -0.39 is 32.9 Å². The van der Waals surface area contributed by atoms with Crippen LogP contribution < -0.4 is 4.72 Å². The Hall–Kier alpha value is -2.06. The molecule has 0 aliphatic carbocycles. The van der Waals surface area contributed by atoms with Gasteiger partial charge in [-0.05, 0) is 31.2 Å². The van der Waals surface area contributed by atoms with E-state index in [9.17, 15) is 13.2 Å². The van der Waals surface area contributed by atoms with Crippen LogP contribution in [0.4, 0.5) is 0 Å². The minimum Gasteiger partial charge on any atom is -0.475 e. The third-order valence-electron chi connectivity index (χ3n) is 2.36. The monoisotopic (exact) mass is 285 g/mol. The van der Waals surface area contributed by atoms with Crippen molar-refractivity contribution in [1.82, 2.24) is 4.72 Å². The molecule has 0 bridgehead atoms. The average molecular weight is 285 g/mol. The molecular weight excluding hydrogens is 274 g/mol. The lowest BCUT2D eigenvalue weighted by Gasteiger charge is -2.09. The smallest absolute Gasteiger partial charge is 0.371 e. The lowest BCUT2D eigenvalue weighted by atomic mass is 10.3. The molecule has 1 unspecified atom stereocenters. The molecule has 0 aliphatic heterocycles. The number of furan rings is 2. The quantitative estimate of drug-likeness (QED) is 0.863. The van der Waals surface area contributed by atoms with Crippen molar-refractivity contribution in [2.24, 2.45) is 0 Å². The maximum Gasteiger partial charge on any atom is 0.371 e. The molecule has 0 saturated carbocycles. The second-order valence-electron chi connectivity index (χ2n) is 3.78. The molecule has 0 fully saturated rings. The van der Waals surface area contributed by atoms with Gasteiger partial charge in [0.25, 0.3) is 10.0 Å². The van der Waals surface area contributed by atoms with E-state index in [1.54, 1.807) is 19.1 Å². The van der Waals surface area contributed by atoms with Gasteiger partial charge in [-0.15, -0.1) is 0 Å². The topological polar surface area (TPSA) is 110 Å². The number of nitrogens with one attached hydrogen (secondary N) is 1. The van der Waals surface area contributed by atoms with Gasteiger partial charge in [-0.25, -0.2) is 13.2 Å². The van der Waals surface area contributed by atoms with E-state index >= 15 is 0 Å². The summed E-state index contributed by atoms with van der Waals surface area (Å²) in [6, 6.07) is 4.82. The van der Waals surface area contributed by atoms with Crippen LogP contribution in [0.15, 0.2) is 44.5 Å². The highest BCUT2D eigenvalue weighted by atomic mass is 32.2. The van der Waals surface area contributed by atoms with Gasteiger partial charge in [0.2, 0.25) is 10.9 Å². The number of carboxylic acids is 1. The molecule has 0 saturated heterocycles. The van der Waals surface area contributed by atoms with Gasteiger partial charge in [-0.2, -0.15) is 4.72 Å². The van der Waals surface area contributed by atoms with E-state index in [0.29, 0.717) is 5.76 Å². The van der Waals surface area contributed by atoms with Crippen LogP contribution in [-0.4, -0.2) is 19.5 Å². The molecule has 0 aliphatic rings. The van der Waals surface area contributed by atoms with Gasteiger partial charge in [-0.3, -0.25) is 0 Å². The van der Waals surface area contributed by atoms with Crippen molar-refractivity contribution < 1.29 is 27.2 Å². The van der Waals surface area contributed by atoms with Gasteiger partial charge in [-0.1, -0.05) is 0 Å². The Kier molecular flexibility index (Phi) is 3.45. The van der Waals surface area contributed by atoms with Crippen LogP contribution in [0, 0.1) is 0 Å². The average Bonchev–Trinajstić information content (AvgIpc) is 3.00. The Morgan fingerprint density at radius 2 is 2.11 bits per heavy atom. The number of carbonyl (C=O) groups is 1. The molecule has 7 nitrogen and oxygen atoms in total. The zero-order valence-corrected chi connectivity index (χ0v) is 10.7. The summed E-state index contributed by atoms with van der Waals surface area (Å²) in [4.78, 5) is 10.6. The van der Waals surface area contributed by atoms with Crippen molar-refractivity contribution in [3.63, 3.8) is 0 Å². The van der Waals surface area contributed by atoms with Gasteiger partial charge < -0.3 is 13.9 Å². The molecule has 2 rings (SSSR count). The number of hydrogen-bond acceptors (Lipinski definition) is 5. The maximum atomic E-state index is 11.9. The van der Waals surface area contributed by atoms with Crippen LogP contribution in [-0.2, 0) is 10.0 Å². The number of rotatable bonds is 5. The highest BCUT2D eigenvalue weighted by Crippen LogP contribution is 2.19.